The van der Waals surface area contributed by atoms with Gasteiger partial charge in [0.05, 0.1) is 17.6 Å². The molecular weight excluding hydrogens is 450 g/mol. The first-order valence-electron chi connectivity index (χ1n) is 10.3. The van der Waals surface area contributed by atoms with E-state index < -0.39 is 34.5 Å². The molecule has 10 nitrogen and oxygen atoms in total. The minimum Gasteiger partial charge on any atom is -0.497 e. The maximum atomic E-state index is 12.7. The number of amides is 3. The predicted octanol–water partition coefficient (Wildman–Crippen LogP) is 2.42. The molecule has 1 fully saturated rings. The minimum absolute atomic E-state index is 0.0385. The van der Waals surface area contributed by atoms with Crippen molar-refractivity contribution in [3.63, 3.8) is 0 Å². The van der Waals surface area contributed by atoms with E-state index in [1.54, 1.807) is 12.1 Å². The second-order valence-corrected chi connectivity index (χ2v) is 9.12. The molecule has 1 aliphatic rings. The highest BCUT2D eigenvalue weighted by Gasteiger charge is 2.20. The number of imide groups is 1. The molecule has 0 radical (unpaired) electrons. The summed E-state index contributed by atoms with van der Waals surface area (Å²) in [5.41, 5.74) is 0.257. The Balaban J connectivity index is 1.55. The first-order chi connectivity index (χ1) is 15.8. The SMILES string of the molecule is COc1ccc(NS(=O)(=O)c2cccc(C(=O)OCC(=O)NC(=O)NC3CCCC3)c2)cc1. The summed E-state index contributed by atoms with van der Waals surface area (Å²) in [5.74, 6) is -1.12. The Morgan fingerprint density at radius 3 is 2.39 bits per heavy atom. The van der Waals surface area contributed by atoms with E-state index in [9.17, 15) is 22.8 Å². The van der Waals surface area contributed by atoms with E-state index >= 15 is 0 Å². The maximum Gasteiger partial charge on any atom is 0.338 e. The van der Waals surface area contributed by atoms with Gasteiger partial charge < -0.3 is 14.8 Å². The largest absolute Gasteiger partial charge is 0.497 e. The van der Waals surface area contributed by atoms with Crippen LogP contribution in [0.25, 0.3) is 0 Å². The fourth-order valence-corrected chi connectivity index (χ4v) is 4.44. The number of carbonyl (C=O) groups is 3. The van der Waals surface area contributed by atoms with Crippen LogP contribution >= 0.6 is 0 Å². The van der Waals surface area contributed by atoms with Crippen LogP contribution in [0.2, 0.25) is 0 Å². The van der Waals surface area contributed by atoms with Crippen molar-refractivity contribution >= 4 is 33.6 Å². The molecule has 3 rings (SSSR count). The smallest absolute Gasteiger partial charge is 0.338 e. The van der Waals surface area contributed by atoms with Crippen molar-refractivity contribution < 1.29 is 32.3 Å². The predicted molar refractivity (Wildman–Crippen MR) is 119 cm³/mol. The van der Waals surface area contributed by atoms with E-state index in [1.807, 2.05) is 0 Å². The van der Waals surface area contributed by atoms with E-state index in [-0.39, 0.29) is 16.5 Å². The fraction of sp³-hybridized carbons (Fsp3) is 0.318. The summed E-state index contributed by atoms with van der Waals surface area (Å²) in [4.78, 5) is 35.8. The van der Waals surface area contributed by atoms with Crippen molar-refractivity contribution in [2.75, 3.05) is 18.4 Å². The molecular formula is C22H25N3O7S. The molecule has 176 valence electrons. The van der Waals surface area contributed by atoms with Crippen LogP contribution in [0.3, 0.4) is 0 Å². The highest BCUT2D eigenvalue weighted by atomic mass is 32.2. The van der Waals surface area contributed by atoms with Crippen LogP contribution in [-0.4, -0.2) is 46.1 Å². The number of esters is 1. The summed E-state index contributed by atoms with van der Waals surface area (Å²) in [7, 11) is -2.48. The molecule has 11 heteroatoms. The quantitative estimate of drug-likeness (QED) is 0.498. The van der Waals surface area contributed by atoms with E-state index in [0.29, 0.717) is 11.4 Å². The number of sulfonamides is 1. The van der Waals surface area contributed by atoms with Gasteiger partial charge in [0, 0.05) is 11.7 Å². The Kier molecular flexibility index (Phi) is 7.88. The monoisotopic (exact) mass is 475 g/mol. The van der Waals surface area contributed by atoms with Crippen LogP contribution in [0.15, 0.2) is 53.4 Å². The van der Waals surface area contributed by atoms with Crippen molar-refractivity contribution in [3.05, 3.63) is 54.1 Å². The number of hydrogen-bond donors (Lipinski definition) is 3. The lowest BCUT2D eigenvalue weighted by Crippen LogP contribution is -2.45. The van der Waals surface area contributed by atoms with Gasteiger partial charge in [0.1, 0.15) is 5.75 Å². The summed E-state index contributed by atoms with van der Waals surface area (Å²) < 4.78 is 37.7. The van der Waals surface area contributed by atoms with Crippen LogP contribution in [0.4, 0.5) is 10.5 Å². The molecule has 0 unspecified atom stereocenters. The Bertz CT molecular complexity index is 1110. The lowest BCUT2D eigenvalue weighted by molar-refractivity contribution is -0.123. The van der Waals surface area contributed by atoms with Crippen LogP contribution in [-0.2, 0) is 19.6 Å². The number of hydrogen-bond acceptors (Lipinski definition) is 7. The summed E-state index contributed by atoms with van der Waals surface area (Å²) >= 11 is 0. The third-order valence-corrected chi connectivity index (χ3v) is 6.38. The van der Waals surface area contributed by atoms with Crippen LogP contribution in [0.5, 0.6) is 5.75 Å². The maximum absolute atomic E-state index is 12.7. The number of nitrogens with one attached hydrogen (secondary N) is 3. The van der Waals surface area contributed by atoms with Gasteiger partial charge in [-0.25, -0.2) is 18.0 Å². The van der Waals surface area contributed by atoms with E-state index in [1.165, 1.54) is 37.4 Å². The number of anilines is 1. The van der Waals surface area contributed by atoms with E-state index in [4.69, 9.17) is 9.47 Å². The highest BCUT2D eigenvalue weighted by molar-refractivity contribution is 7.92. The number of methoxy groups -OCH3 is 1. The minimum atomic E-state index is -3.98. The number of carbonyl (C=O) groups excluding carboxylic acids is 3. The molecule has 0 spiro atoms. The van der Waals surface area contributed by atoms with Gasteiger partial charge >= 0.3 is 12.0 Å². The Morgan fingerprint density at radius 2 is 1.73 bits per heavy atom. The van der Waals surface area contributed by atoms with Crippen molar-refractivity contribution in [3.8, 4) is 5.75 Å². The van der Waals surface area contributed by atoms with E-state index in [2.05, 4.69) is 15.4 Å². The van der Waals surface area contributed by atoms with Gasteiger partial charge in [-0.2, -0.15) is 0 Å². The first-order valence-corrected chi connectivity index (χ1v) is 11.8. The molecule has 0 bridgehead atoms. The first kappa shape index (κ1) is 24.1. The van der Waals surface area contributed by atoms with Crippen molar-refractivity contribution in [1.29, 1.82) is 0 Å². The van der Waals surface area contributed by atoms with Gasteiger partial charge in [0.25, 0.3) is 15.9 Å². The molecule has 3 amide bonds. The lowest BCUT2D eigenvalue weighted by Gasteiger charge is -2.12. The summed E-state index contributed by atoms with van der Waals surface area (Å²) in [5, 5.41) is 4.79. The Morgan fingerprint density at radius 1 is 1.03 bits per heavy atom. The molecule has 0 aromatic heterocycles. The molecule has 2 aromatic rings. The topological polar surface area (TPSA) is 140 Å². The van der Waals surface area contributed by atoms with Crippen molar-refractivity contribution in [2.45, 2.75) is 36.6 Å². The van der Waals surface area contributed by atoms with Gasteiger partial charge in [0.2, 0.25) is 0 Å². The summed E-state index contributed by atoms with van der Waals surface area (Å²) in [6.45, 7) is -0.683. The second kappa shape index (κ2) is 10.8. The molecule has 1 saturated carbocycles. The Labute approximate surface area is 191 Å². The Hall–Kier alpha value is -3.60. The molecule has 0 aliphatic heterocycles. The van der Waals surface area contributed by atoms with Crippen LogP contribution < -0.4 is 20.1 Å². The van der Waals surface area contributed by atoms with Crippen molar-refractivity contribution in [2.24, 2.45) is 0 Å². The molecule has 0 heterocycles. The normalized spacial score (nSPS) is 13.7. The molecule has 0 saturated heterocycles. The molecule has 2 aromatic carbocycles. The van der Waals surface area contributed by atoms with E-state index in [0.717, 1.165) is 31.7 Å². The zero-order valence-corrected chi connectivity index (χ0v) is 18.8. The standard InChI is InChI=1S/C22H25N3O7S/c1-31-18-11-9-17(10-12-18)25-33(29,30)19-8-4-5-15(13-19)21(27)32-14-20(26)24-22(28)23-16-6-2-3-7-16/h4-5,8-13,16,25H,2-3,6-7,14H2,1H3,(H2,23,24,26,28). The number of urea groups is 1. The lowest BCUT2D eigenvalue weighted by atomic mass is 10.2. The van der Waals surface area contributed by atoms with Crippen molar-refractivity contribution in [1.82, 2.24) is 10.6 Å². The van der Waals surface area contributed by atoms with Gasteiger partial charge in [-0.15, -0.1) is 0 Å². The average molecular weight is 476 g/mol. The fourth-order valence-electron chi connectivity index (χ4n) is 3.33. The number of benzene rings is 2. The van der Waals surface area contributed by atoms with Gasteiger partial charge in [-0.3, -0.25) is 14.8 Å². The number of rotatable bonds is 8. The van der Waals surface area contributed by atoms with Gasteiger partial charge in [-0.05, 0) is 55.3 Å². The average Bonchev–Trinajstić information content (AvgIpc) is 3.30. The molecule has 1 aliphatic carbocycles. The van der Waals surface area contributed by atoms with Crippen LogP contribution in [0.1, 0.15) is 36.0 Å². The summed E-state index contributed by atoms with van der Waals surface area (Å²) in [6.07, 6.45) is 3.79. The van der Waals surface area contributed by atoms with Gasteiger partial charge in [0.15, 0.2) is 6.61 Å². The highest BCUT2D eigenvalue weighted by Crippen LogP contribution is 2.20. The van der Waals surface area contributed by atoms with Crippen LogP contribution in [0, 0.1) is 0 Å². The molecule has 33 heavy (non-hydrogen) atoms. The summed E-state index contributed by atoms with van der Waals surface area (Å²) in [6, 6.07) is 10.9. The third-order valence-electron chi connectivity index (χ3n) is 5.00. The zero-order valence-electron chi connectivity index (χ0n) is 18.0. The molecule has 3 N–H and O–H groups in total. The number of ether oxygens (including phenoxy) is 2. The zero-order chi connectivity index (χ0) is 23.8. The third kappa shape index (κ3) is 6.94. The van der Waals surface area contributed by atoms with Gasteiger partial charge in [-0.1, -0.05) is 18.9 Å². The molecule has 0 atom stereocenters. The second-order valence-electron chi connectivity index (χ2n) is 7.44.